The highest BCUT2D eigenvalue weighted by atomic mass is 16.5. The molecular formula is C21H27N5O5. The van der Waals surface area contributed by atoms with E-state index in [0.29, 0.717) is 54.9 Å². The van der Waals surface area contributed by atoms with E-state index in [1.807, 2.05) is 4.90 Å². The lowest BCUT2D eigenvalue weighted by atomic mass is 10.1. The van der Waals surface area contributed by atoms with Gasteiger partial charge in [-0.05, 0) is 25.1 Å². The highest BCUT2D eigenvalue weighted by Crippen LogP contribution is 2.38. The Balaban J connectivity index is 1.62. The molecule has 10 nitrogen and oxygen atoms in total. The van der Waals surface area contributed by atoms with Crippen LogP contribution in [0.2, 0.25) is 0 Å². The molecule has 1 N–H and O–H groups in total. The fourth-order valence-corrected chi connectivity index (χ4v) is 3.41. The van der Waals surface area contributed by atoms with Crippen LogP contribution >= 0.6 is 0 Å². The van der Waals surface area contributed by atoms with E-state index >= 15 is 0 Å². The van der Waals surface area contributed by atoms with Gasteiger partial charge in [-0.25, -0.2) is 9.97 Å². The first-order valence-corrected chi connectivity index (χ1v) is 9.90. The normalized spacial score (nSPS) is 14.6. The van der Waals surface area contributed by atoms with E-state index in [0.717, 1.165) is 0 Å². The van der Waals surface area contributed by atoms with E-state index in [1.165, 1.54) is 21.3 Å². The number of benzene rings is 1. The molecule has 0 spiro atoms. The minimum atomic E-state index is -0.689. The number of hydrogen-bond donors (Lipinski definition) is 1. The lowest BCUT2D eigenvalue weighted by Crippen LogP contribution is -2.54. The molecule has 1 fully saturated rings. The van der Waals surface area contributed by atoms with Crippen molar-refractivity contribution in [3.8, 4) is 17.2 Å². The Kier molecular flexibility index (Phi) is 7.11. The second-order valence-electron chi connectivity index (χ2n) is 6.97. The number of carbonyl (C=O) groups is 2. The van der Waals surface area contributed by atoms with Gasteiger partial charge < -0.3 is 29.3 Å². The van der Waals surface area contributed by atoms with Gasteiger partial charge in [-0.2, -0.15) is 0 Å². The number of rotatable bonds is 7. The first kappa shape index (κ1) is 22.1. The van der Waals surface area contributed by atoms with E-state index in [9.17, 15) is 9.59 Å². The third-order valence-corrected chi connectivity index (χ3v) is 5.07. The fraction of sp³-hybridized carbons (Fsp3) is 0.429. The van der Waals surface area contributed by atoms with Crippen molar-refractivity contribution in [1.82, 2.24) is 20.2 Å². The van der Waals surface area contributed by atoms with Crippen LogP contribution in [0, 0.1) is 0 Å². The summed E-state index contributed by atoms with van der Waals surface area (Å²) in [4.78, 5) is 37.9. The van der Waals surface area contributed by atoms with Crippen molar-refractivity contribution in [2.24, 2.45) is 0 Å². The fourth-order valence-electron chi connectivity index (χ4n) is 3.41. The first-order chi connectivity index (χ1) is 15.0. The first-order valence-electron chi connectivity index (χ1n) is 9.90. The zero-order valence-electron chi connectivity index (χ0n) is 18.1. The van der Waals surface area contributed by atoms with Crippen LogP contribution in [-0.2, 0) is 4.79 Å². The van der Waals surface area contributed by atoms with E-state index in [-0.39, 0.29) is 5.91 Å². The van der Waals surface area contributed by atoms with Crippen LogP contribution in [0.4, 0.5) is 5.95 Å². The van der Waals surface area contributed by atoms with Crippen molar-refractivity contribution in [3.05, 3.63) is 36.2 Å². The van der Waals surface area contributed by atoms with Gasteiger partial charge in [-0.3, -0.25) is 9.59 Å². The van der Waals surface area contributed by atoms with Gasteiger partial charge in [-0.1, -0.05) is 0 Å². The van der Waals surface area contributed by atoms with Crippen molar-refractivity contribution in [2.75, 3.05) is 52.4 Å². The molecule has 166 valence electrons. The van der Waals surface area contributed by atoms with Gasteiger partial charge in [0, 0.05) is 44.1 Å². The molecule has 3 rings (SSSR count). The van der Waals surface area contributed by atoms with Crippen LogP contribution in [0.15, 0.2) is 30.6 Å². The van der Waals surface area contributed by atoms with Gasteiger partial charge in [0.15, 0.2) is 11.5 Å². The molecular weight excluding hydrogens is 402 g/mol. The molecule has 2 amide bonds. The quantitative estimate of drug-likeness (QED) is 0.694. The Morgan fingerprint density at radius 1 is 0.968 bits per heavy atom. The zero-order valence-corrected chi connectivity index (χ0v) is 18.1. The standard InChI is InChI=1S/C21H27N5O5/c1-14(20(28)25-8-10-26(11-9-25)21-22-6-5-7-23-21)24-19(27)15-12-16(29-2)18(31-4)17(13-15)30-3/h5-7,12-14H,8-11H2,1-4H3,(H,24,27)/t14-/m0/s1. The molecule has 1 aliphatic rings. The van der Waals surface area contributed by atoms with Crippen LogP contribution in [0.5, 0.6) is 17.2 Å². The number of anilines is 1. The third-order valence-electron chi connectivity index (χ3n) is 5.07. The number of aromatic nitrogens is 2. The van der Waals surface area contributed by atoms with Crippen LogP contribution < -0.4 is 24.4 Å². The summed E-state index contributed by atoms with van der Waals surface area (Å²) in [7, 11) is 4.45. The summed E-state index contributed by atoms with van der Waals surface area (Å²) in [5.41, 5.74) is 0.306. The van der Waals surface area contributed by atoms with Crippen molar-refractivity contribution in [3.63, 3.8) is 0 Å². The van der Waals surface area contributed by atoms with Crippen LogP contribution in [-0.4, -0.2) is 80.2 Å². The van der Waals surface area contributed by atoms with Crippen molar-refractivity contribution in [1.29, 1.82) is 0 Å². The largest absolute Gasteiger partial charge is 0.493 e. The van der Waals surface area contributed by atoms with Crippen LogP contribution in [0.25, 0.3) is 0 Å². The number of methoxy groups -OCH3 is 3. The Bertz CT molecular complexity index is 891. The van der Waals surface area contributed by atoms with Crippen LogP contribution in [0.1, 0.15) is 17.3 Å². The molecule has 1 aromatic carbocycles. The van der Waals surface area contributed by atoms with Gasteiger partial charge in [0.2, 0.25) is 17.6 Å². The highest BCUT2D eigenvalue weighted by Gasteiger charge is 2.27. The summed E-state index contributed by atoms with van der Waals surface area (Å²) in [6.07, 6.45) is 3.39. The second kappa shape index (κ2) is 9.96. The number of nitrogens with zero attached hydrogens (tertiary/aromatic N) is 4. The summed E-state index contributed by atoms with van der Waals surface area (Å²) >= 11 is 0. The maximum atomic E-state index is 12.8. The van der Waals surface area contributed by atoms with Gasteiger partial charge in [0.25, 0.3) is 5.91 Å². The number of ether oxygens (including phenoxy) is 3. The lowest BCUT2D eigenvalue weighted by Gasteiger charge is -2.35. The smallest absolute Gasteiger partial charge is 0.252 e. The summed E-state index contributed by atoms with van der Waals surface area (Å²) < 4.78 is 15.9. The zero-order chi connectivity index (χ0) is 22.4. The van der Waals surface area contributed by atoms with Gasteiger partial charge in [0.1, 0.15) is 6.04 Å². The van der Waals surface area contributed by atoms with Crippen LogP contribution in [0.3, 0.4) is 0 Å². The van der Waals surface area contributed by atoms with E-state index < -0.39 is 11.9 Å². The number of nitrogens with one attached hydrogen (secondary N) is 1. The summed E-state index contributed by atoms with van der Waals surface area (Å²) in [6.45, 7) is 3.99. The molecule has 0 aliphatic carbocycles. The monoisotopic (exact) mass is 429 g/mol. The van der Waals surface area contributed by atoms with Crippen molar-refractivity contribution in [2.45, 2.75) is 13.0 Å². The SMILES string of the molecule is COc1cc(C(=O)N[C@@H](C)C(=O)N2CCN(c3ncccn3)CC2)cc(OC)c1OC. The average molecular weight is 429 g/mol. The molecule has 2 heterocycles. The highest BCUT2D eigenvalue weighted by molar-refractivity contribution is 5.98. The minimum absolute atomic E-state index is 0.144. The second-order valence-corrected chi connectivity index (χ2v) is 6.97. The van der Waals surface area contributed by atoms with Gasteiger partial charge in [0.05, 0.1) is 21.3 Å². The maximum absolute atomic E-state index is 12.8. The summed E-state index contributed by atoms with van der Waals surface area (Å²) in [6, 6.07) is 4.17. The molecule has 1 saturated heterocycles. The molecule has 1 aliphatic heterocycles. The lowest BCUT2D eigenvalue weighted by molar-refractivity contribution is -0.133. The van der Waals surface area contributed by atoms with E-state index in [4.69, 9.17) is 14.2 Å². The molecule has 1 aromatic heterocycles. The summed E-state index contributed by atoms with van der Waals surface area (Å²) in [5, 5.41) is 2.76. The van der Waals surface area contributed by atoms with E-state index in [2.05, 4.69) is 15.3 Å². The number of piperazine rings is 1. The average Bonchev–Trinajstić information content (AvgIpc) is 2.83. The van der Waals surface area contributed by atoms with Gasteiger partial charge >= 0.3 is 0 Å². The topological polar surface area (TPSA) is 106 Å². The Morgan fingerprint density at radius 3 is 2.06 bits per heavy atom. The maximum Gasteiger partial charge on any atom is 0.252 e. The molecule has 0 unspecified atom stereocenters. The molecule has 0 radical (unpaired) electrons. The van der Waals surface area contributed by atoms with Crippen molar-refractivity contribution < 1.29 is 23.8 Å². The molecule has 0 bridgehead atoms. The number of amides is 2. The Morgan fingerprint density at radius 2 is 1.55 bits per heavy atom. The predicted octanol–water partition coefficient (Wildman–Crippen LogP) is 0.970. The minimum Gasteiger partial charge on any atom is -0.493 e. The molecule has 31 heavy (non-hydrogen) atoms. The Labute approximate surface area is 181 Å². The Hall–Kier alpha value is -3.56. The molecule has 2 aromatic rings. The van der Waals surface area contributed by atoms with E-state index in [1.54, 1.807) is 42.4 Å². The van der Waals surface area contributed by atoms with Gasteiger partial charge in [-0.15, -0.1) is 0 Å². The molecule has 0 saturated carbocycles. The molecule has 1 atom stereocenters. The summed E-state index contributed by atoms with van der Waals surface area (Å²) in [5.74, 6) is 1.23. The number of carbonyl (C=O) groups excluding carboxylic acids is 2. The van der Waals surface area contributed by atoms with Crippen molar-refractivity contribution >= 4 is 17.8 Å². The number of hydrogen-bond acceptors (Lipinski definition) is 8. The third kappa shape index (κ3) is 4.96. The predicted molar refractivity (Wildman–Crippen MR) is 114 cm³/mol. The molecule has 10 heteroatoms.